The number of rotatable bonds is 2. The second-order valence-corrected chi connectivity index (χ2v) is 7.58. The van der Waals surface area contributed by atoms with Crippen molar-refractivity contribution in [1.29, 1.82) is 5.41 Å². The van der Waals surface area contributed by atoms with Gasteiger partial charge < -0.3 is 20.7 Å². The maximum Gasteiger partial charge on any atom is 0.173 e. The maximum absolute atomic E-state index is 8.41. The minimum atomic E-state index is 0.0285. The fourth-order valence-corrected chi connectivity index (χ4v) is 3.73. The number of halogens is 1. The van der Waals surface area contributed by atoms with Crippen LogP contribution in [0.25, 0.3) is 29.2 Å². The third-order valence-corrected chi connectivity index (χ3v) is 5.26. The summed E-state index contributed by atoms with van der Waals surface area (Å²) in [7, 11) is 0. The highest BCUT2D eigenvalue weighted by Crippen LogP contribution is 2.23. The van der Waals surface area contributed by atoms with E-state index in [1.807, 2.05) is 36.5 Å². The molecule has 0 unspecified atom stereocenters. The summed E-state index contributed by atoms with van der Waals surface area (Å²) in [6.07, 6.45) is 3.97. The molecule has 150 valence electrons. The van der Waals surface area contributed by atoms with Gasteiger partial charge in [-0.2, -0.15) is 0 Å². The standard InChI is InChI=1S/C21H23ClN6O/c1-12-11-28(7-8-29-12)18-9-17-15(10-25-18)20(14-5-3-4-6-16(14)22)27-19(13(2)23)21(24)26-17/h3-6,9-10,12,24-25H,7-8,11,23H2,1-2H3/b19-13+,24-21?/t12-/m0/s1. The highest BCUT2D eigenvalue weighted by molar-refractivity contribution is 6.33. The SMILES string of the molecule is C/C(N)=c1\nc(-c2ccccc2Cl)c2c(nc1=N)C=C(N1CCO[C@@H](C)C1)NC=2. The summed E-state index contributed by atoms with van der Waals surface area (Å²) in [5.74, 6) is 0.922. The van der Waals surface area contributed by atoms with Gasteiger partial charge in [0.25, 0.3) is 0 Å². The van der Waals surface area contributed by atoms with Crippen molar-refractivity contribution in [3.8, 4) is 11.3 Å². The van der Waals surface area contributed by atoms with Crippen LogP contribution in [0.5, 0.6) is 0 Å². The molecule has 29 heavy (non-hydrogen) atoms. The minimum absolute atomic E-state index is 0.0285. The average Bonchev–Trinajstić information content (AvgIpc) is 2.84. The van der Waals surface area contributed by atoms with Gasteiger partial charge in [-0.3, -0.25) is 5.41 Å². The van der Waals surface area contributed by atoms with E-state index in [1.165, 1.54) is 0 Å². The molecule has 0 spiro atoms. The van der Waals surface area contributed by atoms with Crippen LogP contribution in [-0.4, -0.2) is 40.7 Å². The van der Waals surface area contributed by atoms with Gasteiger partial charge in [0, 0.05) is 46.9 Å². The Balaban J connectivity index is 1.97. The molecule has 0 amide bonds. The number of benzene rings is 1. The number of aromatic nitrogens is 2. The van der Waals surface area contributed by atoms with Crippen molar-refractivity contribution in [2.75, 3.05) is 19.7 Å². The fraction of sp³-hybridized carbons (Fsp3) is 0.286. The number of nitrogens with two attached hydrogens (primary N) is 1. The van der Waals surface area contributed by atoms with Gasteiger partial charge in [-0.15, -0.1) is 0 Å². The molecule has 0 saturated carbocycles. The van der Waals surface area contributed by atoms with E-state index in [1.54, 1.807) is 6.92 Å². The first-order valence-corrected chi connectivity index (χ1v) is 9.85. The lowest BCUT2D eigenvalue weighted by molar-refractivity contribution is -0.00694. The smallest absolute Gasteiger partial charge is 0.173 e. The molecule has 2 aliphatic rings. The molecular weight excluding hydrogens is 388 g/mol. The summed E-state index contributed by atoms with van der Waals surface area (Å²) >= 11 is 6.47. The molecule has 1 fully saturated rings. The van der Waals surface area contributed by atoms with Gasteiger partial charge in [0.2, 0.25) is 0 Å². The third-order valence-electron chi connectivity index (χ3n) is 4.93. The molecular formula is C21H23ClN6O. The van der Waals surface area contributed by atoms with E-state index in [0.29, 0.717) is 34.1 Å². The predicted octanol–water partition coefficient (Wildman–Crippen LogP) is 0.724. The number of fused-ring (bicyclic) bond motifs is 1. The monoisotopic (exact) mass is 410 g/mol. The zero-order chi connectivity index (χ0) is 20.5. The van der Waals surface area contributed by atoms with Crippen molar-refractivity contribution in [2.24, 2.45) is 5.73 Å². The van der Waals surface area contributed by atoms with Gasteiger partial charge in [-0.05, 0) is 19.9 Å². The van der Waals surface area contributed by atoms with Crippen LogP contribution < -0.4 is 27.1 Å². The van der Waals surface area contributed by atoms with E-state index in [-0.39, 0.29) is 11.6 Å². The molecule has 2 aliphatic heterocycles. The second kappa shape index (κ2) is 7.85. The molecule has 4 N–H and O–H groups in total. The molecule has 0 radical (unpaired) electrons. The molecule has 7 nitrogen and oxygen atoms in total. The van der Waals surface area contributed by atoms with Crippen LogP contribution in [-0.2, 0) is 4.74 Å². The molecule has 1 saturated heterocycles. The highest BCUT2D eigenvalue weighted by Gasteiger charge is 2.21. The normalized spacial score (nSPS) is 19.5. The number of nitrogens with zero attached hydrogens (tertiary/aromatic N) is 3. The van der Waals surface area contributed by atoms with Gasteiger partial charge in [0.1, 0.15) is 11.2 Å². The molecule has 4 rings (SSSR count). The van der Waals surface area contributed by atoms with Crippen LogP contribution in [0.1, 0.15) is 19.5 Å². The van der Waals surface area contributed by atoms with Gasteiger partial charge in [0.15, 0.2) is 5.49 Å². The summed E-state index contributed by atoms with van der Waals surface area (Å²) in [5, 5.41) is 13.5. The molecule has 0 aliphatic carbocycles. The van der Waals surface area contributed by atoms with Crippen LogP contribution in [0.3, 0.4) is 0 Å². The van der Waals surface area contributed by atoms with Gasteiger partial charge in [-0.1, -0.05) is 29.8 Å². The average molecular weight is 411 g/mol. The second-order valence-electron chi connectivity index (χ2n) is 7.18. The Morgan fingerprint density at radius 2 is 2.14 bits per heavy atom. The number of hydrogen-bond donors (Lipinski definition) is 3. The molecule has 1 aromatic carbocycles. The van der Waals surface area contributed by atoms with E-state index < -0.39 is 0 Å². The lowest BCUT2D eigenvalue weighted by Gasteiger charge is -2.35. The zero-order valence-corrected chi connectivity index (χ0v) is 17.1. The number of morpholine rings is 1. The van der Waals surface area contributed by atoms with Crippen molar-refractivity contribution < 1.29 is 4.74 Å². The number of hydrogen-bond acceptors (Lipinski definition) is 7. The Morgan fingerprint density at radius 3 is 2.86 bits per heavy atom. The van der Waals surface area contributed by atoms with Crippen LogP contribution >= 0.6 is 11.6 Å². The van der Waals surface area contributed by atoms with Crippen LogP contribution in [0.2, 0.25) is 5.02 Å². The summed E-state index contributed by atoms with van der Waals surface area (Å²) in [4.78, 5) is 11.4. The quantitative estimate of drug-likeness (QED) is 0.674. The van der Waals surface area contributed by atoms with Crippen molar-refractivity contribution in [3.05, 3.63) is 56.9 Å². The van der Waals surface area contributed by atoms with E-state index in [2.05, 4.69) is 22.1 Å². The Labute approximate surface area is 173 Å². The number of ether oxygens (including phenoxy) is 1. The molecule has 3 heterocycles. The summed E-state index contributed by atoms with van der Waals surface area (Å²) in [6.45, 7) is 6.01. The third kappa shape index (κ3) is 3.83. The van der Waals surface area contributed by atoms with Crippen molar-refractivity contribution in [1.82, 2.24) is 20.2 Å². The Hall–Kier alpha value is -2.90. The summed E-state index contributed by atoms with van der Waals surface area (Å²) in [6, 6.07) is 7.50. The minimum Gasteiger partial charge on any atom is -0.400 e. The van der Waals surface area contributed by atoms with Gasteiger partial charge in [-0.25, -0.2) is 9.97 Å². The van der Waals surface area contributed by atoms with Gasteiger partial charge >= 0.3 is 0 Å². The van der Waals surface area contributed by atoms with E-state index in [0.717, 1.165) is 29.7 Å². The predicted molar refractivity (Wildman–Crippen MR) is 113 cm³/mol. The molecule has 2 aromatic rings. The first kappa shape index (κ1) is 19.4. The van der Waals surface area contributed by atoms with Gasteiger partial charge in [0.05, 0.1) is 24.1 Å². The zero-order valence-electron chi connectivity index (χ0n) is 16.4. The van der Waals surface area contributed by atoms with Crippen LogP contribution in [0.15, 0.2) is 30.1 Å². The van der Waals surface area contributed by atoms with Crippen molar-refractivity contribution in [2.45, 2.75) is 20.0 Å². The Bertz CT molecular complexity index is 1170. The van der Waals surface area contributed by atoms with Crippen LogP contribution in [0.4, 0.5) is 0 Å². The summed E-state index contributed by atoms with van der Waals surface area (Å²) in [5.41, 5.74) is 8.52. The van der Waals surface area contributed by atoms with Crippen LogP contribution in [0, 0.1) is 5.41 Å². The van der Waals surface area contributed by atoms with E-state index in [4.69, 9.17) is 32.5 Å². The molecule has 0 bridgehead atoms. The maximum atomic E-state index is 8.41. The topological polar surface area (TPSA) is 100 Å². The lowest BCUT2D eigenvalue weighted by Crippen LogP contribution is -2.44. The number of nitrogens with one attached hydrogen (secondary N) is 2. The Morgan fingerprint density at radius 1 is 1.34 bits per heavy atom. The molecule has 1 aromatic heterocycles. The van der Waals surface area contributed by atoms with Crippen molar-refractivity contribution in [3.63, 3.8) is 0 Å². The first-order chi connectivity index (χ1) is 13.9. The lowest BCUT2D eigenvalue weighted by atomic mass is 10.1. The largest absolute Gasteiger partial charge is 0.400 e. The highest BCUT2D eigenvalue weighted by atomic mass is 35.5. The fourth-order valence-electron chi connectivity index (χ4n) is 3.50. The molecule has 8 heteroatoms. The van der Waals surface area contributed by atoms with E-state index in [9.17, 15) is 0 Å². The first-order valence-electron chi connectivity index (χ1n) is 9.47. The van der Waals surface area contributed by atoms with Crippen molar-refractivity contribution >= 4 is 29.6 Å². The molecule has 1 atom stereocenters. The summed E-state index contributed by atoms with van der Waals surface area (Å²) < 4.78 is 5.64. The Kier molecular flexibility index (Phi) is 5.25. The van der Waals surface area contributed by atoms with E-state index >= 15 is 0 Å².